The quantitative estimate of drug-likeness (QED) is 0.610. The molecule has 0 unspecified atom stereocenters. The zero-order chi connectivity index (χ0) is 9.03. The van der Waals surface area contributed by atoms with E-state index < -0.39 is 7.82 Å². The van der Waals surface area contributed by atoms with Crippen LogP contribution in [0, 0.1) is 0 Å². The minimum Gasteiger partial charge on any atom is -0.303 e. The van der Waals surface area contributed by atoms with Crippen LogP contribution in [-0.2, 0) is 9.09 Å². The zero-order valence-electron chi connectivity index (χ0n) is 6.20. The molecule has 0 amide bonds. The molecule has 2 N–H and O–H groups in total. The highest BCUT2D eigenvalue weighted by Crippen LogP contribution is 2.35. The van der Waals surface area contributed by atoms with Crippen LogP contribution in [0.4, 0.5) is 0 Å². The van der Waals surface area contributed by atoms with E-state index >= 15 is 0 Å². The minimum atomic E-state index is -4.37. The monoisotopic (exact) mass is 192 g/mol. The Bertz CT molecular complexity index is 246. The van der Waals surface area contributed by atoms with Crippen molar-refractivity contribution < 1.29 is 18.9 Å². The normalized spacial score (nSPS) is 17.0. The molecule has 1 heterocycles. The topological polar surface area (TPSA) is 82.4 Å². The summed E-state index contributed by atoms with van der Waals surface area (Å²) < 4.78 is 14.5. The van der Waals surface area contributed by atoms with Crippen LogP contribution in [0.3, 0.4) is 0 Å². The van der Waals surface area contributed by atoms with E-state index in [0.29, 0.717) is 6.54 Å². The van der Waals surface area contributed by atoms with Crippen LogP contribution in [0.2, 0.25) is 0 Å². The molecule has 0 aromatic carbocycles. The number of rotatable bonds is 3. The Kier molecular flexibility index (Phi) is 2.99. The summed E-state index contributed by atoms with van der Waals surface area (Å²) in [4.78, 5) is 16.7. The summed E-state index contributed by atoms with van der Waals surface area (Å²) >= 11 is 0. The summed E-state index contributed by atoms with van der Waals surface area (Å²) in [6, 6.07) is 0. The largest absolute Gasteiger partial charge is 0.471 e. The van der Waals surface area contributed by atoms with Gasteiger partial charge in [0.15, 0.2) is 0 Å². The van der Waals surface area contributed by atoms with Gasteiger partial charge >= 0.3 is 7.82 Å². The molecule has 68 valence electrons. The molecule has 0 aliphatic carbocycles. The van der Waals surface area contributed by atoms with Crippen molar-refractivity contribution in [3.63, 3.8) is 0 Å². The maximum atomic E-state index is 10.2. The average molecular weight is 192 g/mol. The number of hydrazone groups is 1. The summed E-state index contributed by atoms with van der Waals surface area (Å²) in [5, 5.41) is 5.17. The van der Waals surface area contributed by atoms with Gasteiger partial charge in [-0.25, -0.2) is 4.57 Å². The molecule has 1 rings (SSSR count). The average Bonchev–Trinajstić information content (AvgIpc) is 2.02. The third-order valence-corrected chi connectivity index (χ3v) is 1.60. The van der Waals surface area contributed by atoms with Crippen molar-refractivity contribution in [1.29, 1.82) is 0 Å². The van der Waals surface area contributed by atoms with E-state index in [1.807, 2.05) is 0 Å². The van der Waals surface area contributed by atoms with Crippen LogP contribution in [0.5, 0.6) is 0 Å². The van der Waals surface area contributed by atoms with Gasteiger partial charge in [-0.3, -0.25) is 9.53 Å². The Morgan fingerprint density at radius 3 is 2.92 bits per heavy atom. The van der Waals surface area contributed by atoms with Gasteiger partial charge in [0.25, 0.3) is 0 Å². The van der Waals surface area contributed by atoms with Crippen LogP contribution >= 0.6 is 7.82 Å². The lowest BCUT2D eigenvalue weighted by atomic mass is 10.5. The zero-order valence-corrected chi connectivity index (χ0v) is 7.09. The second kappa shape index (κ2) is 3.82. The molecule has 0 spiro atoms. The maximum Gasteiger partial charge on any atom is 0.471 e. The van der Waals surface area contributed by atoms with Crippen LogP contribution in [0.15, 0.2) is 17.3 Å². The molecule has 0 saturated carbocycles. The molecular weight excluding hydrogens is 183 g/mol. The van der Waals surface area contributed by atoms with Gasteiger partial charge in [-0.2, -0.15) is 5.10 Å². The third kappa shape index (κ3) is 3.64. The van der Waals surface area contributed by atoms with Crippen LogP contribution < -0.4 is 0 Å². The first-order valence-corrected chi connectivity index (χ1v) is 4.75. The number of hydrogen-bond donors (Lipinski definition) is 2. The summed E-state index contributed by atoms with van der Waals surface area (Å²) in [7, 11) is -4.37. The van der Waals surface area contributed by atoms with Gasteiger partial charge in [0.1, 0.15) is 6.73 Å². The molecule has 12 heavy (non-hydrogen) atoms. The Labute approximate surface area is 69.4 Å². The van der Waals surface area contributed by atoms with Crippen molar-refractivity contribution in [3.8, 4) is 0 Å². The van der Waals surface area contributed by atoms with Crippen molar-refractivity contribution >= 4 is 14.0 Å². The molecule has 0 fully saturated rings. The Hall–Kier alpha value is -0.680. The van der Waals surface area contributed by atoms with Crippen LogP contribution in [0.1, 0.15) is 0 Å². The minimum absolute atomic E-state index is 0.203. The first-order chi connectivity index (χ1) is 5.58. The fourth-order valence-electron chi connectivity index (χ4n) is 0.651. The van der Waals surface area contributed by atoms with Gasteiger partial charge in [0.2, 0.25) is 0 Å². The molecule has 0 saturated heterocycles. The predicted octanol–water partition coefficient (Wildman–Crippen LogP) is -0.0892. The van der Waals surface area contributed by atoms with Crippen LogP contribution in [-0.4, -0.2) is 34.3 Å². The fourth-order valence-corrected chi connectivity index (χ4v) is 0.935. The predicted molar refractivity (Wildman–Crippen MR) is 42.3 cm³/mol. The maximum absolute atomic E-state index is 10.2. The van der Waals surface area contributed by atoms with E-state index in [1.54, 1.807) is 12.2 Å². The first-order valence-electron chi connectivity index (χ1n) is 3.22. The van der Waals surface area contributed by atoms with Gasteiger partial charge in [0.05, 0.1) is 6.54 Å². The molecule has 1 aliphatic heterocycles. The molecule has 0 bridgehead atoms. The molecule has 0 aromatic rings. The highest BCUT2D eigenvalue weighted by atomic mass is 31.2. The highest BCUT2D eigenvalue weighted by Gasteiger charge is 2.15. The molecule has 6 nitrogen and oxygen atoms in total. The van der Waals surface area contributed by atoms with E-state index in [9.17, 15) is 4.57 Å². The Morgan fingerprint density at radius 1 is 1.67 bits per heavy atom. The molecule has 7 heteroatoms. The first kappa shape index (κ1) is 9.41. The van der Waals surface area contributed by atoms with Crippen molar-refractivity contribution in [3.05, 3.63) is 12.2 Å². The van der Waals surface area contributed by atoms with Gasteiger partial charge in [-0.15, -0.1) is 0 Å². The lowest BCUT2D eigenvalue weighted by molar-refractivity contribution is 0.102. The summed E-state index contributed by atoms with van der Waals surface area (Å²) in [6.07, 6.45) is 5.07. The molecule has 1 aliphatic rings. The molecule has 0 radical (unpaired) electrons. The van der Waals surface area contributed by atoms with E-state index in [0.717, 1.165) is 0 Å². The molecule has 0 aromatic heterocycles. The third-order valence-electron chi connectivity index (χ3n) is 1.14. The summed E-state index contributed by atoms with van der Waals surface area (Å²) in [6.45, 7) is 0.293. The molecule has 0 atom stereocenters. The second-order valence-electron chi connectivity index (χ2n) is 2.13. The summed E-state index contributed by atoms with van der Waals surface area (Å²) in [5.41, 5.74) is 0. The van der Waals surface area contributed by atoms with Gasteiger partial charge < -0.3 is 9.79 Å². The highest BCUT2D eigenvalue weighted by molar-refractivity contribution is 7.46. The van der Waals surface area contributed by atoms with Gasteiger partial charge in [0, 0.05) is 6.21 Å². The standard InChI is InChI=1S/C5H9N2O4P/c8-12(9,10)11-5-7-4-2-1-3-6-7/h1-3H,4-5H2,(H2,8,9,10). The lowest BCUT2D eigenvalue weighted by Crippen LogP contribution is -2.22. The molecular formula is C5H9N2O4P. The Balaban J connectivity index is 2.29. The van der Waals surface area contributed by atoms with Crippen molar-refractivity contribution in [2.75, 3.05) is 13.3 Å². The van der Waals surface area contributed by atoms with Crippen LogP contribution in [0.25, 0.3) is 0 Å². The number of phosphoric ester groups is 1. The van der Waals surface area contributed by atoms with E-state index in [1.165, 1.54) is 11.2 Å². The van der Waals surface area contributed by atoms with E-state index in [4.69, 9.17) is 9.79 Å². The lowest BCUT2D eigenvalue weighted by Gasteiger charge is -2.18. The smallest absolute Gasteiger partial charge is 0.303 e. The van der Waals surface area contributed by atoms with E-state index in [2.05, 4.69) is 9.63 Å². The summed E-state index contributed by atoms with van der Waals surface area (Å²) in [5.74, 6) is 0. The Morgan fingerprint density at radius 2 is 2.42 bits per heavy atom. The van der Waals surface area contributed by atoms with Gasteiger partial charge in [-0.05, 0) is 6.08 Å². The SMILES string of the molecule is O=P(O)(O)OCN1CC=CC=N1. The number of hydrogen-bond acceptors (Lipinski definition) is 4. The van der Waals surface area contributed by atoms with E-state index in [-0.39, 0.29) is 6.73 Å². The number of phosphoric acid groups is 1. The van der Waals surface area contributed by atoms with Crippen molar-refractivity contribution in [2.45, 2.75) is 0 Å². The fraction of sp³-hybridized carbons (Fsp3) is 0.400. The number of nitrogens with zero attached hydrogens (tertiary/aromatic N) is 2. The van der Waals surface area contributed by atoms with Crippen molar-refractivity contribution in [2.24, 2.45) is 5.10 Å². The second-order valence-corrected chi connectivity index (χ2v) is 3.37. The van der Waals surface area contributed by atoms with Gasteiger partial charge in [-0.1, -0.05) is 6.08 Å². The number of allylic oxidation sites excluding steroid dienone is 1. The van der Waals surface area contributed by atoms with Crippen molar-refractivity contribution in [1.82, 2.24) is 5.01 Å².